The smallest absolute Gasteiger partial charge is 0.319 e. The normalized spacial score (nSPS) is 20.3. The largest absolute Gasteiger partial charge is 0.481 e. The molecule has 0 fully saturated rings. The van der Waals surface area contributed by atoms with E-state index in [2.05, 4.69) is 5.32 Å². The lowest BCUT2D eigenvalue weighted by Gasteiger charge is -2.13. The zero-order valence-corrected chi connectivity index (χ0v) is 10.6. The van der Waals surface area contributed by atoms with Crippen LogP contribution < -0.4 is 10.6 Å². The van der Waals surface area contributed by atoms with E-state index in [0.29, 0.717) is 12.1 Å². The lowest BCUT2D eigenvalue weighted by atomic mass is 10.1. The van der Waals surface area contributed by atoms with Gasteiger partial charge in [-0.2, -0.15) is 0 Å². The molecule has 0 aromatic heterocycles. The van der Waals surface area contributed by atoms with Crippen molar-refractivity contribution in [1.82, 2.24) is 5.32 Å². The van der Waals surface area contributed by atoms with E-state index in [0.717, 1.165) is 0 Å². The maximum atomic E-state index is 13.3. The van der Waals surface area contributed by atoms with Crippen LogP contribution in [-0.2, 0) is 4.79 Å². The summed E-state index contributed by atoms with van der Waals surface area (Å²) in [6, 6.07) is -0.440. The second-order valence-corrected chi connectivity index (χ2v) is 4.52. The standard InChI is InChI=1S/C13H11F3N2O3/c14-7-4-9(15)11(16)10(5-7)18-13(21)17-8-2-1-6(3-8)12(19)20/h1-2,4-6,8H,3H2,(H,19,20)(H2,17,18,21). The highest BCUT2D eigenvalue weighted by atomic mass is 19.2. The first-order valence-electron chi connectivity index (χ1n) is 6.00. The van der Waals surface area contributed by atoms with Gasteiger partial charge in [0, 0.05) is 12.1 Å². The number of carbonyl (C=O) groups is 2. The van der Waals surface area contributed by atoms with Gasteiger partial charge in [-0.05, 0) is 6.42 Å². The summed E-state index contributed by atoms with van der Waals surface area (Å²) in [6.07, 6.45) is 3.07. The van der Waals surface area contributed by atoms with Crippen LogP contribution in [-0.4, -0.2) is 23.1 Å². The molecule has 0 aliphatic heterocycles. The monoisotopic (exact) mass is 300 g/mol. The van der Waals surface area contributed by atoms with Crippen LogP contribution in [0, 0.1) is 23.4 Å². The number of urea groups is 1. The summed E-state index contributed by atoms with van der Waals surface area (Å²) < 4.78 is 39.3. The number of nitrogens with one attached hydrogen (secondary N) is 2. The summed E-state index contributed by atoms with van der Waals surface area (Å²) in [5, 5.41) is 13.1. The summed E-state index contributed by atoms with van der Waals surface area (Å²) in [5.74, 6) is -5.56. The van der Waals surface area contributed by atoms with Gasteiger partial charge in [0.1, 0.15) is 5.82 Å². The molecule has 112 valence electrons. The van der Waals surface area contributed by atoms with Crippen molar-refractivity contribution >= 4 is 17.7 Å². The van der Waals surface area contributed by atoms with Gasteiger partial charge < -0.3 is 15.7 Å². The number of anilines is 1. The highest BCUT2D eigenvalue weighted by Gasteiger charge is 2.25. The lowest BCUT2D eigenvalue weighted by Crippen LogP contribution is -2.36. The molecule has 0 saturated carbocycles. The molecule has 0 bridgehead atoms. The van der Waals surface area contributed by atoms with Crippen LogP contribution >= 0.6 is 0 Å². The molecule has 1 aliphatic rings. The van der Waals surface area contributed by atoms with Crippen molar-refractivity contribution in [3.63, 3.8) is 0 Å². The molecule has 1 aromatic carbocycles. The van der Waals surface area contributed by atoms with Crippen LogP contribution in [0.25, 0.3) is 0 Å². The van der Waals surface area contributed by atoms with Gasteiger partial charge in [-0.1, -0.05) is 12.2 Å². The maximum absolute atomic E-state index is 13.3. The Kier molecular flexibility index (Phi) is 4.15. The Morgan fingerprint density at radius 2 is 1.90 bits per heavy atom. The van der Waals surface area contributed by atoms with Crippen molar-refractivity contribution in [1.29, 1.82) is 0 Å². The first-order chi connectivity index (χ1) is 9.86. The molecular weight excluding hydrogens is 289 g/mol. The summed E-state index contributed by atoms with van der Waals surface area (Å²) in [6.45, 7) is 0. The molecule has 0 saturated heterocycles. The highest BCUT2D eigenvalue weighted by molar-refractivity contribution is 5.89. The number of rotatable bonds is 3. The minimum Gasteiger partial charge on any atom is -0.481 e. The van der Waals surface area contributed by atoms with Gasteiger partial charge in [-0.15, -0.1) is 0 Å². The lowest BCUT2D eigenvalue weighted by molar-refractivity contribution is -0.140. The van der Waals surface area contributed by atoms with Crippen LogP contribution in [0.4, 0.5) is 23.7 Å². The van der Waals surface area contributed by atoms with E-state index in [1.54, 1.807) is 0 Å². The Bertz CT molecular complexity index is 619. The maximum Gasteiger partial charge on any atom is 0.319 e. The van der Waals surface area contributed by atoms with E-state index in [4.69, 9.17) is 5.11 Å². The Balaban J connectivity index is 1.97. The van der Waals surface area contributed by atoms with E-state index in [-0.39, 0.29) is 6.42 Å². The molecule has 2 unspecified atom stereocenters. The molecule has 2 amide bonds. The van der Waals surface area contributed by atoms with Gasteiger partial charge in [-0.3, -0.25) is 4.79 Å². The molecule has 0 spiro atoms. The van der Waals surface area contributed by atoms with Gasteiger partial charge in [0.05, 0.1) is 17.6 Å². The minimum absolute atomic E-state index is 0.156. The van der Waals surface area contributed by atoms with Crippen molar-refractivity contribution < 1.29 is 27.9 Å². The van der Waals surface area contributed by atoms with Gasteiger partial charge in [0.25, 0.3) is 0 Å². The Labute approximate surface area is 117 Å². The number of halogens is 3. The Hall–Kier alpha value is -2.51. The molecule has 8 heteroatoms. The number of hydrogen-bond acceptors (Lipinski definition) is 2. The first-order valence-corrected chi connectivity index (χ1v) is 6.00. The van der Waals surface area contributed by atoms with E-state index < -0.39 is 47.1 Å². The molecule has 2 rings (SSSR count). The Morgan fingerprint density at radius 1 is 1.19 bits per heavy atom. The third kappa shape index (κ3) is 3.53. The van der Waals surface area contributed by atoms with E-state index in [1.807, 2.05) is 5.32 Å². The topological polar surface area (TPSA) is 78.4 Å². The fourth-order valence-electron chi connectivity index (χ4n) is 1.96. The number of aliphatic carboxylic acids is 1. The van der Waals surface area contributed by atoms with Crippen LogP contribution in [0.15, 0.2) is 24.3 Å². The third-order valence-corrected chi connectivity index (χ3v) is 2.96. The average molecular weight is 300 g/mol. The number of carboxylic acid groups (broad SMARTS) is 1. The number of amides is 2. The summed E-state index contributed by atoms with van der Waals surface area (Å²) in [4.78, 5) is 22.3. The van der Waals surface area contributed by atoms with Gasteiger partial charge in [0.2, 0.25) is 0 Å². The summed E-state index contributed by atoms with van der Waals surface area (Å²) >= 11 is 0. The molecule has 5 nitrogen and oxygen atoms in total. The van der Waals surface area contributed by atoms with Crippen LogP contribution in [0.2, 0.25) is 0 Å². The molecule has 0 radical (unpaired) electrons. The second kappa shape index (κ2) is 5.86. The van der Waals surface area contributed by atoms with E-state index in [1.165, 1.54) is 12.2 Å². The number of hydrogen-bond donors (Lipinski definition) is 3. The van der Waals surface area contributed by atoms with Crippen LogP contribution in [0.1, 0.15) is 6.42 Å². The summed E-state index contributed by atoms with van der Waals surface area (Å²) in [7, 11) is 0. The van der Waals surface area contributed by atoms with Crippen LogP contribution in [0.5, 0.6) is 0 Å². The predicted molar refractivity (Wildman–Crippen MR) is 67.1 cm³/mol. The number of carbonyl (C=O) groups excluding carboxylic acids is 1. The van der Waals surface area contributed by atoms with Crippen molar-refractivity contribution in [2.24, 2.45) is 5.92 Å². The molecular formula is C13H11F3N2O3. The van der Waals surface area contributed by atoms with Crippen molar-refractivity contribution in [3.8, 4) is 0 Å². The fourth-order valence-corrected chi connectivity index (χ4v) is 1.96. The Morgan fingerprint density at radius 3 is 2.52 bits per heavy atom. The minimum atomic E-state index is -1.42. The van der Waals surface area contributed by atoms with Gasteiger partial charge >= 0.3 is 12.0 Å². The molecule has 0 heterocycles. The van der Waals surface area contributed by atoms with Crippen LogP contribution in [0.3, 0.4) is 0 Å². The second-order valence-electron chi connectivity index (χ2n) is 4.52. The molecule has 1 aliphatic carbocycles. The zero-order chi connectivity index (χ0) is 15.6. The van der Waals surface area contributed by atoms with E-state index >= 15 is 0 Å². The number of benzene rings is 1. The quantitative estimate of drug-likeness (QED) is 0.592. The predicted octanol–water partition coefficient (Wildman–Crippen LogP) is 2.25. The fraction of sp³-hybridized carbons (Fsp3) is 0.231. The van der Waals surface area contributed by atoms with Gasteiger partial charge in [0.15, 0.2) is 11.6 Å². The molecule has 3 N–H and O–H groups in total. The highest BCUT2D eigenvalue weighted by Crippen LogP contribution is 2.20. The first kappa shape index (κ1) is 14.9. The average Bonchev–Trinajstić information content (AvgIpc) is 2.83. The SMILES string of the molecule is O=C(Nc1cc(F)cc(F)c1F)NC1C=CC(C(=O)O)C1. The third-order valence-electron chi connectivity index (χ3n) is 2.96. The zero-order valence-electron chi connectivity index (χ0n) is 10.6. The number of carboxylic acids is 1. The van der Waals surface area contributed by atoms with E-state index in [9.17, 15) is 22.8 Å². The van der Waals surface area contributed by atoms with Gasteiger partial charge in [-0.25, -0.2) is 18.0 Å². The molecule has 1 aromatic rings. The van der Waals surface area contributed by atoms with Crippen molar-refractivity contribution in [2.75, 3.05) is 5.32 Å². The summed E-state index contributed by atoms with van der Waals surface area (Å²) in [5.41, 5.74) is -0.637. The van der Waals surface area contributed by atoms with Crippen molar-refractivity contribution in [3.05, 3.63) is 41.7 Å². The molecule has 2 atom stereocenters. The van der Waals surface area contributed by atoms with Crippen molar-refractivity contribution in [2.45, 2.75) is 12.5 Å². The molecule has 21 heavy (non-hydrogen) atoms.